The lowest BCUT2D eigenvalue weighted by Gasteiger charge is -2.13. The van der Waals surface area contributed by atoms with Crippen molar-refractivity contribution in [1.29, 1.82) is 0 Å². The molecule has 0 saturated carbocycles. The van der Waals surface area contributed by atoms with Crippen molar-refractivity contribution in [2.45, 2.75) is 39.8 Å². The second kappa shape index (κ2) is 7.84. The molecule has 1 nitrogen and oxygen atoms in total. The molecule has 0 bridgehead atoms. The van der Waals surface area contributed by atoms with Crippen LogP contribution in [0.3, 0.4) is 0 Å². The highest BCUT2D eigenvalue weighted by molar-refractivity contribution is 5.22. The molecule has 0 atom stereocenters. The lowest BCUT2D eigenvalue weighted by molar-refractivity contribution is 0.275. The summed E-state index contributed by atoms with van der Waals surface area (Å²) < 4.78 is 12.9. The number of allylic oxidation sites excluding steroid dienone is 2. The third-order valence-corrected chi connectivity index (χ3v) is 1.21. The van der Waals surface area contributed by atoms with Crippen molar-refractivity contribution < 1.29 is 4.39 Å². The summed E-state index contributed by atoms with van der Waals surface area (Å²) in [5.74, 6) is 0. The van der Waals surface area contributed by atoms with Crippen LogP contribution in [0.15, 0.2) is 24.4 Å². The molecule has 0 rings (SSSR count). The van der Waals surface area contributed by atoms with Crippen LogP contribution in [0.25, 0.3) is 0 Å². The fraction of sp³-hybridized carbons (Fsp3) is 0.636. The lowest BCUT2D eigenvalue weighted by atomic mass is 10.0. The molecule has 0 aliphatic heterocycles. The van der Waals surface area contributed by atoms with E-state index in [1.807, 2.05) is 0 Å². The highest BCUT2D eigenvalue weighted by atomic mass is 19.1. The van der Waals surface area contributed by atoms with Gasteiger partial charge in [0.25, 0.3) is 0 Å². The van der Waals surface area contributed by atoms with Crippen LogP contribution in [0.4, 0.5) is 4.39 Å². The van der Waals surface area contributed by atoms with Gasteiger partial charge in [0.2, 0.25) is 0 Å². The van der Waals surface area contributed by atoms with Gasteiger partial charge >= 0.3 is 0 Å². The van der Waals surface area contributed by atoms with Crippen molar-refractivity contribution in [3.05, 3.63) is 24.4 Å². The summed E-state index contributed by atoms with van der Waals surface area (Å²) in [6.45, 7) is 10.8. The Morgan fingerprint density at radius 3 is 2.08 bits per heavy atom. The summed E-state index contributed by atoms with van der Waals surface area (Å²) in [6, 6.07) is 0. The van der Waals surface area contributed by atoms with E-state index in [2.05, 4.69) is 25.7 Å². The summed E-state index contributed by atoms with van der Waals surface area (Å²) in [4.78, 5) is 0. The van der Waals surface area contributed by atoms with E-state index < -0.39 is 5.67 Å². The minimum Gasteiger partial charge on any atom is -0.394 e. The van der Waals surface area contributed by atoms with Crippen LogP contribution in [0.2, 0.25) is 0 Å². The molecule has 0 aromatic carbocycles. The highest BCUT2D eigenvalue weighted by Gasteiger charge is 2.16. The van der Waals surface area contributed by atoms with Crippen molar-refractivity contribution in [3.8, 4) is 0 Å². The van der Waals surface area contributed by atoms with E-state index in [0.29, 0.717) is 5.57 Å². The number of hydrogen-bond acceptors (Lipinski definition) is 1. The van der Waals surface area contributed by atoms with Gasteiger partial charge in [-0.3, -0.25) is 0 Å². The maximum absolute atomic E-state index is 12.9. The van der Waals surface area contributed by atoms with Crippen molar-refractivity contribution in [3.63, 3.8) is 0 Å². The summed E-state index contributed by atoms with van der Waals surface area (Å²) in [6.07, 6.45) is 4.53. The number of rotatable bonds is 3. The number of hydrogen-bond donors (Lipinski definition) is 1. The first-order valence-corrected chi connectivity index (χ1v) is 4.62. The van der Waals surface area contributed by atoms with E-state index in [1.54, 1.807) is 19.3 Å². The predicted octanol–water partition coefficient (Wildman–Crippen LogP) is 3.44. The largest absolute Gasteiger partial charge is 0.394 e. The van der Waals surface area contributed by atoms with E-state index in [1.165, 1.54) is 20.3 Å². The van der Waals surface area contributed by atoms with Crippen molar-refractivity contribution in [1.82, 2.24) is 5.32 Å². The second-order valence-electron chi connectivity index (χ2n) is 3.33. The molecule has 0 fully saturated rings. The Morgan fingerprint density at radius 1 is 1.46 bits per heavy atom. The van der Waals surface area contributed by atoms with Crippen molar-refractivity contribution >= 4 is 0 Å². The molecule has 0 saturated heterocycles. The van der Waals surface area contributed by atoms with Gasteiger partial charge in [-0.05, 0) is 31.7 Å². The molecule has 78 valence electrons. The topological polar surface area (TPSA) is 12.0 Å². The predicted molar refractivity (Wildman–Crippen MR) is 58.5 cm³/mol. The van der Waals surface area contributed by atoms with Crippen LogP contribution in [0, 0.1) is 0 Å². The number of halogens is 1. The van der Waals surface area contributed by atoms with Gasteiger partial charge in [0.1, 0.15) is 5.67 Å². The molecule has 0 aromatic rings. The van der Waals surface area contributed by atoms with E-state index in [4.69, 9.17) is 0 Å². The number of alkyl halides is 1. The van der Waals surface area contributed by atoms with Crippen LogP contribution in [-0.4, -0.2) is 12.7 Å². The van der Waals surface area contributed by atoms with Gasteiger partial charge in [0.05, 0.1) is 0 Å². The summed E-state index contributed by atoms with van der Waals surface area (Å²) in [7, 11) is 1.76. The van der Waals surface area contributed by atoms with Crippen LogP contribution in [0.1, 0.15) is 34.1 Å². The molecule has 0 aliphatic carbocycles. The Balaban J connectivity index is 0. The van der Waals surface area contributed by atoms with Gasteiger partial charge in [-0.2, -0.15) is 0 Å². The molecular formula is C11H22FN. The molecule has 0 amide bonds. The van der Waals surface area contributed by atoms with Gasteiger partial charge in [0.15, 0.2) is 0 Å². The zero-order valence-corrected chi connectivity index (χ0v) is 9.45. The van der Waals surface area contributed by atoms with Crippen LogP contribution < -0.4 is 5.32 Å². The Morgan fingerprint density at radius 2 is 1.85 bits per heavy atom. The van der Waals surface area contributed by atoms with Gasteiger partial charge in [-0.1, -0.05) is 26.8 Å². The monoisotopic (exact) mass is 187 g/mol. The Bertz CT molecular complexity index is 154. The molecule has 0 heterocycles. The minimum atomic E-state index is -1.31. The Labute approximate surface area is 81.7 Å². The highest BCUT2D eigenvalue weighted by Crippen LogP contribution is 2.18. The lowest BCUT2D eigenvalue weighted by Crippen LogP contribution is -2.13. The third kappa shape index (κ3) is 11.2. The van der Waals surface area contributed by atoms with Gasteiger partial charge in [0, 0.05) is 7.05 Å². The second-order valence-corrected chi connectivity index (χ2v) is 3.33. The zero-order valence-electron chi connectivity index (χ0n) is 9.45. The fourth-order valence-corrected chi connectivity index (χ4v) is 0.382. The Kier molecular flexibility index (Phi) is 8.87. The molecule has 1 N–H and O–H groups in total. The third-order valence-electron chi connectivity index (χ3n) is 1.21. The van der Waals surface area contributed by atoms with E-state index in [-0.39, 0.29) is 0 Å². The molecule has 0 spiro atoms. The van der Waals surface area contributed by atoms with Gasteiger partial charge < -0.3 is 5.32 Å². The van der Waals surface area contributed by atoms with Crippen LogP contribution in [0.5, 0.6) is 0 Å². The van der Waals surface area contributed by atoms with Crippen LogP contribution >= 0.6 is 0 Å². The molecule has 13 heavy (non-hydrogen) atoms. The van der Waals surface area contributed by atoms with Crippen LogP contribution in [-0.2, 0) is 0 Å². The normalized spacial score (nSPS) is 10.6. The average Bonchev–Trinajstić information content (AvgIpc) is 1.99. The molecule has 0 unspecified atom stereocenters. The average molecular weight is 187 g/mol. The van der Waals surface area contributed by atoms with Crippen molar-refractivity contribution in [2.75, 3.05) is 7.05 Å². The first-order valence-electron chi connectivity index (χ1n) is 4.62. The zero-order chi connectivity index (χ0) is 10.9. The maximum atomic E-state index is 12.9. The van der Waals surface area contributed by atoms with E-state index >= 15 is 0 Å². The summed E-state index contributed by atoms with van der Waals surface area (Å²) in [5.41, 5.74) is -0.838. The first-order chi connectivity index (χ1) is 5.90. The SMILES string of the molecule is C=C(/C=C\NC)C(C)(C)F.CCC. The summed E-state index contributed by atoms with van der Waals surface area (Å²) in [5, 5.41) is 2.76. The molecule has 2 heteroatoms. The molecular weight excluding hydrogens is 165 g/mol. The quantitative estimate of drug-likeness (QED) is 0.667. The smallest absolute Gasteiger partial charge is 0.129 e. The van der Waals surface area contributed by atoms with E-state index in [9.17, 15) is 4.39 Å². The first kappa shape index (κ1) is 14.7. The van der Waals surface area contributed by atoms with E-state index in [0.717, 1.165) is 0 Å². The number of nitrogens with one attached hydrogen (secondary N) is 1. The maximum Gasteiger partial charge on any atom is 0.129 e. The molecule has 0 aromatic heterocycles. The molecule has 0 radical (unpaired) electrons. The summed E-state index contributed by atoms with van der Waals surface area (Å²) >= 11 is 0. The van der Waals surface area contributed by atoms with Gasteiger partial charge in [-0.25, -0.2) is 4.39 Å². The minimum absolute atomic E-state index is 0.474. The standard InChI is InChI=1S/C8H14FN.C3H8/c1-7(5-6-10-4)8(2,3)9;1-3-2/h5-6,10H,1H2,2-4H3;3H2,1-2H3/b6-5-;. The molecule has 0 aliphatic rings. The fourth-order valence-electron chi connectivity index (χ4n) is 0.382. The van der Waals surface area contributed by atoms with Crippen molar-refractivity contribution in [2.24, 2.45) is 0 Å². The Hall–Kier alpha value is -0.790. The van der Waals surface area contributed by atoms with Gasteiger partial charge in [-0.15, -0.1) is 0 Å².